The number of carbonyl (C=O) groups excluding carboxylic acids is 1. The number of carbonyl (C=O) groups is 1. The molecule has 0 atom stereocenters. The van der Waals surface area contributed by atoms with Crippen LogP contribution in [0.15, 0.2) is 101 Å². The van der Waals surface area contributed by atoms with E-state index in [-0.39, 0.29) is 11.5 Å². The highest BCUT2D eigenvalue weighted by atomic mass is 16.3. The summed E-state index contributed by atoms with van der Waals surface area (Å²) >= 11 is 0. The fourth-order valence-corrected chi connectivity index (χ4v) is 4.43. The molecule has 1 N–H and O–H groups in total. The van der Waals surface area contributed by atoms with Gasteiger partial charge < -0.3 is 5.11 Å². The number of Topliss-reactive ketones (excluding diaryl/α,β-unsaturated/α-hetero) is 1. The zero-order chi connectivity index (χ0) is 21.2. The van der Waals surface area contributed by atoms with E-state index in [0.29, 0.717) is 30.5 Å². The lowest BCUT2D eigenvalue weighted by atomic mass is 9.88. The van der Waals surface area contributed by atoms with Crippen molar-refractivity contribution in [1.29, 1.82) is 0 Å². The Balaban J connectivity index is 1.60. The number of aliphatic imine (C=N–C) groups is 1. The van der Waals surface area contributed by atoms with Crippen LogP contribution in [0.25, 0.3) is 21.5 Å². The number of hydrogen-bond donors (Lipinski definition) is 1. The van der Waals surface area contributed by atoms with Crippen molar-refractivity contribution in [2.24, 2.45) is 4.99 Å². The van der Waals surface area contributed by atoms with E-state index in [1.165, 1.54) is 0 Å². The van der Waals surface area contributed by atoms with E-state index in [1.807, 2.05) is 54.6 Å². The topological polar surface area (TPSA) is 49.7 Å². The number of hydrogen-bond acceptors (Lipinski definition) is 3. The smallest absolute Gasteiger partial charge is 0.168 e. The molecule has 0 aromatic heterocycles. The first-order valence-electron chi connectivity index (χ1n) is 10.7. The maximum atomic E-state index is 12.9. The van der Waals surface area contributed by atoms with Gasteiger partial charge in [0, 0.05) is 18.2 Å². The highest BCUT2D eigenvalue weighted by Crippen LogP contribution is 2.30. The second kappa shape index (κ2) is 8.19. The molecule has 31 heavy (non-hydrogen) atoms. The molecule has 1 aliphatic carbocycles. The molecule has 3 nitrogen and oxygen atoms in total. The van der Waals surface area contributed by atoms with Crippen molar-refractivity contribution in [3.63, 3.8) is 0 Å². The summed E-state index contributed by atoms with van der Waals surface area (Å²) in [6.45, 7) is 0. The largest absolute Gasteiger partial charge is 0.511 e. The number of fused-ring (bicyclic) bond motifs is 2. The van der Waals surface area contributed by atoms with Crippen LogP contribution in [0.2, 0.25) is 0 Å². The molecular formula is C28H23NO2. The standard InChI is InChI=1S/C28H23NO2/c30-26-17-7-16-25(29-24-15-6-11-20-9-2-4-14-23(20)24)28(26)27(31)18-21-12-5-10-19-8-1-3-13-22(19)21/h1-6,8-15,31H,7,16-18H2. The summed E-state index contributed by atoms with van der Waals surface area (Å²) < 4.78 is 0. The molecule has 1 fully saturated rings. The molecule has 0 radical (unpaired) electrons. The molecule has 4 aromatic rings. The van der Waals surface area contributed by atoms with Gasteiger partial charge in [-0.2, -0.15) is 0 Å². The Hall–Kier alpha value is -3.72. The lowest BCUT2D eigenvalue weighted by Gasteiger charge is -2.18. The highest BCUT2D eigenvalue weighted by molar-refractivity contribution is 6.25. The van der Waals surface area contributed by atoms with Crippen LogP contribution in [0.3, 0.4) is 0 Å². The average molecular weight is 405 g/mol. The first-order chi connectivity index (χ1) is 15.2. The minimum absolute atomic E-state index is 0.0250. The monoisotopic (exact) mass is 405 g/mol. The average Bonchev–Trinajstić information content (AvgIpc) is 2.80. The maximum absolute atomic E-state index is 12.9. The summed E-state index contributed by atoms with van der Waals surface area (Å²) in [4.78, 5) is 17.7. The number of aliphatic hydroxyl groups is 1. The zero-order valence-corrected chi connectivity index (χ0v) is 17.2. The molecule has 3 heteroatoms. The Kier molecular flexibility index (Phi) is 5.09. The summed E-state index contributed by atoms with van der Waals surface area (Å²) in [5, 5.41) is 15.5. The van der Waals surface area contributed by atoms with Gasteiger partial charge in [0.25, 0.3) is 0 Å². The normalized spacial score (nSPS) is 17.4. The minimum Gasteiger partial charge on any atom is -0.511 e. The number of rotatable bonds is 3. The number of nitrogens with zero attached hydrogens (tertiary/aromatic N) is 1. The van der Waals surface area contributed by atoms with Crippen molar-refractivity contribution in [2.75, 3.05) is 0 Å². The quantitative estimate of drug-likeness (QED) is 0.298. The highest BCUT2D eigenvalue weighted by Gasteiger charge is 2.26. The van der Waals surface area contributed by atoms with Gasteiger partial charge in [0.15, 0.2) is 5.78 Å². The van der Waals surface area contributed by atoms with Gasteiger partial charge in [-0.05, 0) is 40.6 Å². The van der Waals surface area contributed by atoms with Crippen LogP contribution < -0.4 is 0 Å². The van der Waals surface area contributed by atoms with Crippen LogP contribution in [-0.2, 0) is 11.2 Å². The first kappa shape index (κ1) is 19.3. The van der Waals surface area contributed by atoms with E-state index >= 15 is 0 Å². The molecule has 152 valence electrons. The van der Waals surface area contributed by atoms with Gasteiger partial charge in [0.2, 0.25) is 0 Å². The van der Waals surface area contributed by atoms with E-state index in [1.54, 1.807) is 0 Å². The second-order valence-corrected chi connectivity index (χ2v) is 7.97. The van der Waals surface area contributed by atoms with E-state index in [9.17, 15) is 9.90 Å². The molecule has 0 spiro atoms. The summed E-state index contributed by atoms with van der Waals surface area (Å²) in [6, 6.07) is 28.3. The van der Waals surface area contributed by atoms with Gasteiger partial charge in [-0.15, -0.1) is 0 Å². The van der Waals surface area contributed by atoms with Gasteiger partial charge in [0.05, 0.1) is 17.0 Å². The van der Waals surface area contributed by atoms with Crippen molar-refractivity contribution in [3.05, 3.63) is 102 Å². The van der Waals surface area contributed by atoms with Crippen molar-refractivity contribution in [2.45, 2.75) is 25.7 Å². The van der Waals surface area contributed by atoms with Gasteiger partial charge >= 0.3 is 0 Å². The summed E-state index contributed by atoms with van der Waals surface area (Å²) in [5.41, 5.74) is 2.92. The molecule has 0 bridgehead atoms. The summed E-state index contributed by atoms with van der Waals surface area (Å²) in [7, 11) is 0. The predicted molar refractivity (Wildman–Crippen MR) is 127 cm³/mol. The molecular weight excluding hydrogens is 382 g/mol. The van der Waals surface area contributed by atoms with Crippen molar-refractivity contribution >= 4 is 38.7 Å². The van der Waals surface area contributed by atoms with Crippen LogP contribution in [0, 0.1) is 0 Å². The molecule has 1 aliphatic rings. The Morgan fingerprint density at radius 3 is 2.23 bits per heavy atom. The van der Waals surface area contributed by atoms with E-state index in [4.69, 9.17) is 4.99 Å². The predicted octanol–water partition coefficient (Wildman–Crippen LogP) is 6.87. The number of allylic oxidation sites excluding steroid dienone is 2. The van der Waals surface area contributed by atoms with Gasteiger partial charge in [-0.25, -0.2) is 0 Å². The maximum Gasteiger partial charge on any atom is 0.168 e. The fraction of sp³-hybridized carbons (Fsp3) is 0.143. The lowest BCUT2D eigenvalue weighted by molar-refractivity contribution is -0.115. The molecule has 1 saturated carbocycles. The molecule has 0 aliphatic heterocycles. The Morgan fingerprint density at radius 2 is 1.42 bits per heavy atom. The van der Waals surface area contributed by atoms with Gasteiger partial charge in [-0.3, -0.25) is 9.79 Å². The van der Waals surface area contributed by atoms with Crippen molar-refractivity contribution in [1.82, 2.24) is 0 Å². The molecule has 5 rings (SSSR count). The number of benzene rings is 4. The van der Waals surface area contributed by atoms with E-state index < -0.39 is 0 Å². The zero-order valence-electron chi connectivity index (χ0n) is 17.2. The van der Waals surface area contributed by atoms with E-state index in [2.05, 4.69) is 30.3 Å². The third-order valence-corrected chi connectivity index (χ3v) is 5.93. The van der Waals surface area contributed by atoms with E-state index in [0.717, 1.165) is 39.2 Å². The Labute approximate surface area is 181 Å². The minimum atomic E-state index is -0.0250. The van der Waals surface area contributed by atoms with Crippen molar-refractivity contribution in [3.8, 4) is 0 Å². The van der Waals surface area contributed by atoms with Gasteiger partial charge in [-0.1, -0.05) is 78.9 Å². The molecule has 4 aromatic carbocycles. The van der Waals surface area contributed by atoms with Crippen LogP contribution in [0.4, 0.5) is 5.69 Å². The SMILES string of the molecule is O=C1CCCC(=Nc2cccc3ccccc23)C1=C(O)Cc1cccc2ccccc12. The Morgan fingerprint density at radius 1 is 0.774 bits per heavy atom. The Bertz CT molecular complexity index is 1350. The number of aliphatic hydroxyl groups excluding tert-OH is 1. The van der Waals surface area contributed by atoms with Crippen LogP contribution in [0.5, 0.6) is 0 Å². The third kappa shape index (κ3) is 3.75. The molecule has 0 saturated heterocycles. The third-order valence-electron chi connectivity index (χ3n) is 5.93. The van der Waals surface area contributed by atoms with Gasteiger partial charge in [0.1, 0.15) is 5.76 Å². The van der Waals surface area contributed by atoms with Crippen LogP contribution in [-0.4, -0.2) is 16.6 Å². The first-order valence-corrected chi connectivity index (χ1v) is 10.7. The summed E-state index contributed by atoms with van der Waals surface area (Å²) in [6.07, 6.45) is 2.21. The number of ketones is 1. The van der Waals surface area contributed by atoms with Crippen molar-refractivity contribution < 1.29 is 9.90 Å². The van der Waals surface area contributed by atoms with Crippen LogP contribution >= 0.6 is 0 Å². The molecule has 0 unspecified atom stereocenters. The molecule has 0 heterocycles. The molecule has 0 amide bonds. The second-order valence-electron chi connectivity index (χ2n) is 7.97. The lowest BCUT2D eigenvalue weighted by Crippen LogP contribution is -2.21. The summed E-state index contributed by atoms with van der Waals surface area (Å²) in [5.74, 6) is 0.0861. The van der Waals surface area contributed by atoms with Crippen LogP contribution in [0.1, 0.15) is 24.8 Å². The fourth-order valence-electron chi connectivity index (χ4n) is 4.43.